The van der Waals surface area contributed by atoms with Crippen LogP contribution in [0.5, 0.6) is 5.88 Å². The fourth-order valence-electron chi connectivity index (χ4n) is 1.15. The van der Waals surface area contributed by atoms with Crippen molar-refractivity contribution < 1.29 is 17.4 Å². The highest BCUT2D eigenvalue weighted by molar-refractivity contribution is 7.86. The van der Waals surface area contributed by atoms with Crippen LogP contribution in [0.2, 0.25) is 0 Å². The van der Waals surface area contributed by atoms with Gasteiger partial charge in [-0.05, 0) is 26.8 Å². The molecule has 0 fully saturated rings. The number of hydrogen-bond donors (Lipinski definition) is 1. The normalized spacial score (nSPS) is 12.0. The average molecular weight is 272 g/mol. The molecule has 100 valence electrons. The number of aromatic nitrogens is 1. The Kier molecular flexibility index (Phi) is 3.95. The molecule has 7 heteroatoms. The molecule has 6 nitrogen and oxygen atoms in total. The molecule has 1 rings (SSSR count). The lowest BCUT2D eigenvalue weighted by Gasteiger charge is -2.20. The van der Waals surface area contributed by atoms with E-state index in [4.69, 9.17) is 0 Å². The zero-order valence-corrected chi connectivity index (χ0v) is 11.5. The maximum Gasteiger partial charge on any atom is 0.307 e. The predicted molar refractivity (Wildman–Crippen MR) is 66.9 cm³/mol. The minimum Gasteiger partial charge on any atom is -0.362 e. The van der Waals surface area contributed by atoms with E-state index in [1.807, 2.05) is 20.8 Å². The molecule has 0 radical (unpaired) electrons. The molecule has 1 aromatic rings. The minimum absolute atomic E-state index is 0.103. The van der Waals surface area contributed by atoms with Gasteiger partial charge in [-0.1, -0.05) is 6.07 Å². The molecular formula is C11H16N2O4S. The maximum atomic E-state index is 11.8. The van der Waals surface area contributed by atoms with Gasteiger partial charge in [0.15, 0.2) is 0 Å². The average Bonchev–Trinajstić information content (AvgIpc) is 2.12. The molecule has 0 atom stereocenters. The second-order valence-electron chi connectivity index (χ2n) is 4.85. The molecule has 0 saturated heterocycles. The summed E-state index contributed by atoms with van der Waals surface area (Å²) in [5.41, 5.74) is -0.294. The van der Waals surface area contributed by atoms with E-state index >= 15 is 0 Å². The number of nitrogens with one attached hydrogen (secondary N) is 1. The smallest absolute Gasteiger partial charge is 0.307 e. The highest BCUT2D eigenvalue weighted by atomic mass is 32.2. The zero-order valence-electron chi connectivity index (χ0n) is 10.7. The molecule has 1 N–H and O–H groups in total. The third-order valence-corrected chi connectivity index (χ3v) is 2.15. The van der Waals surface area contributed by atoms with Gasteiger partial charge in [-0.3, -0.25) is 4.79 Å². The number of pyridine rings is 1. The van der Waals surface area contributed by atoms with Crippen molar-refractivity contribution >= 4 is 16.0 Å². The maximum absolute atomic E-state index is 11.8. The van der Waals surface area contributed by atoms with E-state index in [9.17, 15) is 13.2 Å². The largest absolute Gasteiger partial charge is 0.362 e. The van der Waals surface area contributed by atoms with Gasteiger partial charge in [0, 0.05) is 11.6 Å². The van der Waals surface area contributed by atoms with Gasteiger partial charge in [0.05, 0.1) is 6.26 Å². The van der Waals surface area contributed by atoms with Crippen LogP contribution in [0.15, 0.2) is 18.2 Å². The Labute approximate surface area is 107 Å². The summed E-state index contributed by atoms with van der Waals surface area (Å²) in [7, 11) is -3.65. The zero-order chi connectivity index (χ0) is 14.0. The van der Waals surface area contributed by atoms with Crippen LogP contribution in [-0.2, 0) is 10.1 Å². The second kappa shape index (κ2) is 4.93. The lowest BCUT2D eigenvalue weighted by atomic mass is 10.1. The molecule has 0 saturated carbocycles. The van der Waals surface area contributed by atoms with Gasteiger partial charge >= 0.3 is 10.1 Å². The van der Waals surface area contributed by atoms with Crippen LogP contribution in [0, 0.1) is 0 Å². The lowest BCUT2D eigenvalue weighted by Crippen LogP contribution is -2.40. The van der Waals surface area contributed by atoms with Gasteiger partial charge in [0.2, 0.25) is 5.88 Å². The molecule has 0 unspecified atom stereocenters. The number of carbonyl (C=O) groups is 1. The van der Waals surface area contributed by atoms with Gasteiger partial charge in [-0.25, -0.2) is 4.98 Å². The highest BCUT2D eigenvalue weighted by Gasteiger charge is 2.17. The lowest BCUT2D eigenvalue weighted by molar-refractivity contribution is 0.0913. The molecule has 0 aliphatic rings. The standard InChI is InChI=1S/C11H16N2O4S/c1-11(2,3)13-10(14)8-6-5-7-9(12-8)17-18(4,15)16/h5-7H,1-4H3,(H,13,14). The molecular weight excluding hydrogens is 256 g/mol. The number of hydrogen-bond acceptors (Lipinski definition) is 5. The Morgan fingerprint density at radius 3 is 2.44 bits per heavy atom. The summed E-state index contributed by atoms with van der Waals surface area (Å²) in [4.78, 5) is 15.6. The van der Waals surface area contributed by atoms with E-state index in [2.05, 4.69) is 14.5 Å². The van der Waals surface area contributed by atoms with Crippen LogP contribution >= 0.6 is 0 Å². The SMILES string of the molecule is CC(C)(C)NC(=O)c1cccc(OS(C)(=O)=O)n1. The van der Waals surface area contributed by atoms with Crippen LogP contribution < -0.4 is 9.50 Å². The predicted octanol–water partition coefficient (Wildman–Crippen LogP) is 0.948. The van der Waals surface area contributed by atoms with Crippen LogP contribution in [0.1, 0.15) is 31.3 Å². The molecule has 0 bridgehead atoms. The first kappa shape index (κ1) is 14.4. The summed E-state index contributed by atoms with van der Waals surface area (Å²) >= 11 is 0. The summed E-state index contributed by atoms with van der Waals surface area (Å²) in [5.74, 6) is -0.513. The molecule has 1 amide bonds. The van der Waals surface area contributed by atoms with Gasteiger partial charge in [0.25, 0.3) is 5.91 Å². The van der Waals surface area contributed by atoms with E-state index in [0.29, 0.717) is 0 Å². The highest BCUT2D eigenvalue weighted by Crippen LogP contribution is 2.10. The van der Waals surface area contributed by atoms with Crippen molar-refractivity contribution in [3.8, 4) is 5.88 Å². The molecule has 1 heterocycles. The van der Waals surface area contributed by atoms with Crippen molar-refractivity contribution in [2.45, 2.75) is 26.3 Å². The first-order chi connectivity index (χ1) is 8.07. The molecule has 0 spiro atoms. The van der Waals surface area contributed by atoms with Gasteiger partial charge in [0.1, 0.15) is 5.69 Å². The molecule has 0 aliphatic heterocycles. The van der Waals surface area contributed by atoms with Crippen LogP contribution in [-0.4, -0.2) is 31.1 Å². The van der Waals surface area contributed by atoms with Crippen molar-refractivity contribution in [2.24, 2.45) is 0 Å². The van der Waals surface area contributed by atoms with Crippen molar-refractivity contribution in [3.63, 3.8) is 0 Å². The third-order valence-electron chi connectivity index (χ3n) is 1.68. The summed E-state index contributed by atoms with van der Waals surface area (Å²) in [6.07, 6.45) is 0.913. The van der Waals surface area contributed by atoms with E-state index < -0.39 is 15.7 Å². The summed E-state index contributed by atoms with van der Waals surface area (Å²) in [6.45, 7) is 5.51. The topological polar surface area (TPSA) is 85.4 Å². The Bertz CT molecular complexity index is 546. The first-order valence-electron chi connectivity index (χ1n) is 5.26. The number of amides is 1. The molecule has 0 aliphatic carbocycles. The minimum atomic E-state index is -3.65. The molecule has 0 aromatic carbocycles. The van der Waals surface area contributed by atoms with Gasteiger partial charge in [-0.15, -0.1) is 0 Å². The van der Waals surface area contributed by atoms with E-state index in [0.717, 1.165) is 6.26 Å². The number of nitrogens with zero attached hydrogens (tertiary/aromatic N) is 1. The Hall–Kier alpha value is -1.63. The van der Waals surface area contributed by atoms with Crippen LogP contribution in [0.4, 0.5) is 0 Å². The fourth-order valence-corrected chi connectivity index (χ4v) is 1.55. The quantitative estimate of drug-likeness (QED) is 0.828. The summed E-state index contributed by atoms with van der Waals surface area (Å²) in [5, 5.41) is 2.72. The van der Waals surface area contributed by atoms with Crippen molar-refractivity contribution in [2.75, 3.05) is 6.26 Å². The van der Waals surface area contributed by atoms with Crippen LogP contribution in [0.25, 0.3) is 0 Å². The van der Waals surface area contributed by atoms with Crippen molar-refractivity contribution in [3.05, 3.63) is 23.9 Å². The van der Waals surface area contributed by atoms with Crippen molar-refractivity contribution in [1.29, 1.82) is 0 Å². The fraction of sp³-hybridized carbons (Fsp3) is 0.455. The molecule has 1 aromatic heterocycles. The second-order valence-corrected chi connectivity index (χ2v) is 6.43. The Balaban J connectivity index is 2.92. The monoisotopic (exact) mass is 272 g/mol. The number of rotatable bonds is 3. The first-order valence-corrected chi connectivity index (χ1v) is 7.07. The summed E-state index contributed by atoms with van der Waals surface area (Å²) in [6, 6.07) is 4.36. The molecule has 18 heavy (non-hydrogen) atoms. The van der Waals surface area contributed by atoms with Crippen molar-refractivity contribution in [1.82, 2.24) is 10.3 Å². The third kappa shape index (κ3) is 5.13. The van der Waals surface area contributed by atoms with Gasteiger partial charge < -0.3 is 9.50 Å². The van der Waals surface area contributed by atoms with Crippen LogP contribution in [0.3, 0.4) is 0 Å². The Morgan fingerprint density at radius 2 is 1.94 bits per heavy atom. The Morgan fingerprint density at radius 1 is 1.33 bits per heavy atom. The van der Waals surface area contributed by atoms with E-state index in [1.165, 1.54) is 18.2 Å². The van der Waals surface area contributed by atoms with Gasteiger partial charge in [-0.2, -0.15) is 8.42 Å². The van der Waals surface area contributed by atoms with E-state index in [-0.39, 0.29) is 17.5 Å². The summed E-state index contributed by atoms with van der Waals surface area (Å²) < 4.78 is 26.5. The van der Waals surface area contributed by atoms with E-state index in [1.54, 1.807) is 0 Å². The number of carbonyl (C=O) groups excluding carboxylic acids is 1.